The molecule has 0 saturated heterocycles. The third-order valence-electron chi connectivity index (χ3n) is 6.22. The third-order valence-corrected chi connectivity index (χ3v) is 9.17. The SMILES string of the molecule is CCCN(CCC)S(=O)(=O)c1ccc(C(=O)N(Cc2cccnc2)c2nc3cc(C)c(C)cc3s2)cc1. The highest BCUT2D eigenvalue weighted by molar-refractivity contribution is 7.89. The summed E-state index contributed by atoms with van der Waals surface area (Å²) in [4.78, 5) is 24.6. The van der Waals surface area contributed by atoms with Gasteiger partial charge in [0.25, 0.3) is 5.91 Å². The molecule has 0 bridgehead atoms. The van der Waals surface area contributed by atoms with Crippen LogP contribution in [-0.2, 0) is 16.6 Å². The lowest BCUT2D eigenvalue weighted by atomic mass is 10.1. The smallest absolute Gasteiger partial charge is 0.260 e. The number of hydrogen-bond donors (Lipinski definition) is 0. The summed E-state index contributed by atoms with van der Waals surface area (Å²) in [6.45, 7) is 9.25. The van der Waals surface area contributed by atoms with E-state index in [0.29, 0.717) is 30.3 Å². The molecule has 0 aliphatic heterocycles. The van der Waals surface area contributed by atoms with Gasteiger partial charge < -0.3 is 0 Å². The summed E-state index contributed by atoms with van der Waals surface area (Å²) < 4.78 is 28.8. The molecule has 0 spiro atoms. The van der Waals surface area contributed by atoms with E-state index < -0.39 is 10.0 Å². The molecule has 4 rings (SSSR count). The summed E-state index contributed by atoms with van der Waals surface area (Å²) >= 11 is 1.46. The van der Waals surface area contributed by atoms with E-state index in [4.69, 9.17) is 4.98 Å². The maximum Gasteiger partial charge on any atom is 0.260 e. The van der Waals surface area contributed by atoms with Gasteiger partial charge in [0.15, 0.2) is 5.13 Å². The maximum absolute atomic E-state index is 13.8. The maximum atomic E-state index is 13.8. The average Bonchev–Trinajstić information content (AvgIpc) is 3.30. The lowest BCUT2D eigenvalue weighted by Crippen LogP contribution is -2.33. The van der Waals surface area contributed by atoms with Crippen LogP contribution in [-0.4, -0.2) is 41.7 Å². The topological polar surface area (TPSA) is 83.5 Å². The largest absolute Gasteiger partial charge is 0.279 e. The van der Waals surface area contributed by atoms with E-state index >= 15 is 0 Å². The van der Waals surface area contributed by atoms with Crippen LogP contribution in [0.1, 0.15) is 53.7 Å². The third kappa shape index (κ3) is 5.89. The van der Waals surface area contributed by atoms with Crippen LogP contribution in [0.15, 0.2) is 65.8 Å². The van der Waals surface area contributed by atoms with Crippen LogP contribution in [0, 0.1) is 13.8 Å². The van der Waals surface area contributed by atoms with Crippen LogP contribution in [0.4, 0.5) is 5.13 Å². The number of thiazole rings is 1. The van der Waals surface area contributed by atoms with Crippen LogP contribution in [0.5, 0.6) is 0 Å². The number of benzene rings is 2. The second-order valence-electron chi connectivity index (χ2n) is 9.08. The van der Waals surface area contributed by atoms with Gasteiger partial charge in [0.1, 0.15) is 0 Å². The molecule has 1 amide bonds. The van der Waals surface area contributed by atoms with Crippen LogP contribution >= 0.6 is 11.3 Å². The van der Waals surface area contributed by atoms with Crippen molar-refractivity contribution in [3.05, 3.63) is 83.2 Å². The molecule has 7 nitrogen and oxygen atoms in total. The summed E-state index contributed by atoms with van der Waals surface area (Å²) in [7, 11) is -3.62. The Balaban J connectivity index is 1.69. The first-order valence-corrected chi connectivity index (χ1v) is 14.7. The van der Waals surface area contributed by atoms with Gasteiger partial charge in [-0.2, -0.15) is 4.31 Å². The number of fused-ring (bicyclic) bond motifs is 1. The molecule has 194 valence electrons. The number of aryl methyl sites for hydroxylation is 2. The van der Waals surface area contributed by atoms with E-state index in [1.165, 1.54) is 33.3 Å². The Morgan fingerprint density at radius 2 is 1.65 bits per heavy atom. The molecule has 2 aromatic heterocycles. The molecular formula is C28H32N4O3S2. The normalized spacial score (nSPS) is 11.8. The molecule has 0 unspecified atom stereocenters. The fraction of sp³-hybridized carbons (Fsp3) is 0.321. The Morgan fingerprint density at radius 3 is 2.27 bits per heavy atom. The molecule has 4 aromatic rings. The Morgan fingerprint density at radius 1 is 0.973 bits per heavy atom. The minimum absolute atomic E-state index is 0.190. The average molecular weight is 537 g/mol. The first kappa shape index (κ1) is 26.9. The number of hydrogen-bond acceptors (Lipinski definition) is 6. The van der Waals surface area contributed by atoms with Crippen molar-refractivity contribution in [2.75, 3.05) is 18.0 Å². The highest BCUT2D eigenvalue weighted by Gasteiger charge is 2.25. The van der Waals surface area contributed by atoms with Crippen molar-refractivity contribution in [2.24, 2.45) is 0 Å². The highest BCUT2D eigenvalue weighted by atomic mass is 32.2. The Kier molecular flexibility index (Phi) is 8.36. The number of rotatable bonds is 10. The molecule has 9 heteroatoms. The molecule has 0 fully saturated rings. The lowest BCUT2D eigenvalue weighted by Gasteiger charge is -2.22. The second kappa shape index (κ2) is 11.5. The Labute approximate surface area is 222 Å². The van der Waals surface area contributed by atoms with Gasteiger partial charge in [-0.1, -0.05) is 31.3 Å². The van der Waals surface area contributed by atoms with E-state index in [1.54, 1.807) is 29.4 Å². The summed E-state index contributed by atoms with van der Waals surface area (Å²) in [6, 6.07) is 14.1. The molecule has 0 aliphatic rings. The molecule has 0 saturated carbocycles. The zero-order valence-electron chi connectivity index (χ0n) is 21.6. The fourth-order valence-corrected chi connectivity index (χ4v) is 6.78. The number of carbonyl (C=O) groups excluding carboxylic acids is 1. The molecule has 0 atom stereocenters. The van der Waals surface area contributed by atoms with E-state index in [-0.39, 0.29) is 10.8 Å². The fourth-order valence-electron chi connectivity index (χ4n) is 4.11. The minimum Gasteiger partial charge on any atom is -0.279 e. The lowest BCUT2D eigenvalue weighted by molar-refractivity contribution is 0.0985. The number of carbonyl (C=O) groups is 1. The molecular weight excluding hydrogens is 504 g/mol. The standard InChI is InChI=1S/C28H32N4O3S2/c1-5-14-31(15-6-2)37(34,35)24-11-9-23(10-12-24)27(33)32(19-22-8-7-13-29-18-22)28-30-25-16-20(3)21(4)17-26(25)36-28/h7-13,16-18H,5-6,14-15,19H2,1-4H3. The van der Waals surface area contributed by atoms with Gasteiger partial charge in [-0.15, -0.1) is 0 Å². The number of anilines is 1. The van der Waals surface area contributed by atoms with Crippen LogP contribution in [0.2, 0.25) is 0 Å². The van der Waals surface area contributed by atoms with Gasteiger partial charge in [0.2, 0.25) is 10.0 Å². The monoisotopic (exact) mass is 536 g/mol. The number of amides is 1. The minimum atomic E-state index is -3.62. The van der Waals surface area contributed by atoms with Crippen molar-refractivity contribution in [1.82, 2.24) is 14.3 Å². The molecule has 2 heterocycles. The molecule has 0 aliphatic carbocycles. The van der Waals surface area contributed by atoms with Crippen molar-refractivity contribution in [3.63, 3.8) is 0 Å². The summed E-state index contributed by atoms with van der Waals surface area (Å²) in [6.07, 6.45) is 4.90. The predicted octanol–water partition coefficient (Wildman–Crippen LogP) is 5.97. The molecule has 0 radical (unpaired) electrons. The first-order valence-electron chi connectivity index (χ1n) is 12.4. The van der Waals surface area contributed by atoms with Crippen LogP contribution in [0.3, 0.4) is 0 Å². The van der Waals surface area contributed by atoms with E-state index in [1.807, 2.05) is 39.0 Å². The van der Waals surface area contributed by atoms with Gasteiger partial charge in [-0.25, -0.2) is 13.4 Å². The zero-order valence-corrected chi connectivity index (χ0v) is 23.3. The zero-order chi connectivity index (χ0) is 26.6. The number of aromatic nitrogens is 2. The molecule has 0 N–H and O–H groups in total. The molecule has 2 aromatic carbocycles. The highest BCUT2D eigenvalue weighted by Crippen LogP contribution is 2.32. The van der Waals surface area contributed by atoms with Gasteiger partial charge in [-0.3, -0.25) is 14.7 Å². The molecule has 37 heavy (non-hydrogen) atoms. The predicted molar refractivity (Wildman–Crippen MR) is 150 cm³/mol. The van der Waals surface area contributed by atoms with Crippen molar-refractivity contribution in [3.8, 4) is 0 Å². The second-order valence-corrected chi connectivity index (χ2v) is 12.0. The van der Waals surface area contributed by atoms with Crippen molar-refractivity contribution in [1.29, 1.82) is 0 Å². The van der Waals surface area contributed by atoms with Gasteiger partial charge in [0.05, 0.1) is 21.7 Å². The summed E-state index contributed by atoms with van der Waals surface area (Å²) in [5, 5.41) is 0.586. The number of sulfonamides is 1. The van der Waals surface area contributed by atoms with Crippen molar-refractivity contribution in [2.45, 2.75) is 52.0 Å². The van der Waals surface area contributed by atoms with Gasteiger partial charge >= 0.3 is 0 Å². The Bertz CT molecular complexity index is 1440. The summed E-state index contributed by atoms with van der Waals surface area (Å²) in [5.41, 5.74) is 4.43. The quantitative estimate of drug-likeness (QED) is 0.249. The first-order chi connectivity index (χ1) is 17.7. The van der Waals surface area contributed by atoms with Gasteiger partial charge in [0, 0.05) is 31.0 Å². The summed E-state index contributed by atoms with van der Waals surface area (Å²) in [5.74, 6) is -0.251. The van der Waals surface area contributed by atoms with Crippen molar-refractivity contribution < 1.29 is 13.2 Å². The van der Waals surface area contributed by atoms with E-state index in [2.05, 4.69) is 18.0 Å². The van der Waals surface area contributed by atoms with Crippen LogP contribution < -0.4 is 4.90 Å². The van der Waals surface area contributed by atoms with Crippen molar-refractivity contribution >= 4 is 42.6 Å². The Hall–Kier alpha value is -3.14. The van der Waals surface area contributed by atoms with E-state index in [0.717, 1.165) is 34.2 Å². The van der Waals surface area contributed by atoms with Gasteiger partial charge in [-0.05, 0) is 85.8 Å². The number of pyridine rings is 1. The number of nitrogens with zero attached hydrogens (tertiary/aromatic N) is 4. The van der Waals surface area contributed by atoms with Crippen LogP contribution in [0.25, 0.3) is 10.2 Å². The van der Waals surface area contributed by atoms with E-state index in [9.17, 15) is 13.2 Å².